The van der Waals surface area contributed by atoms with Crippen molar-refractivity contribution >= 4 is 17.8 Å². The van der Waals surface area contributed by atoms with Crippen LogP contribution in [0.15, 0.2) is 42.5 Å². The topological polar surface area (TPSA) is 114 Å². The first-order valence-electron chi connectivity index (χ1n) is 11.1. The highest BCUT2D eigenvalue weighted by Crippen LogP contribution is 2.28. The Morgan fingerprint density at radius 3 is 1.97 bits per heavy atom. The van der Waals surface area contributed by atoms with E-state index in [0.29, 0.717) is 49.1 Å². The summed E-state index contributed by atoms with van der Waals surface area (Å²) in [6, 6.07) is 8.73. The number of hydrogen-bond acceptors (Lipinski definition) is 5. The van der Waals surface area contributed by atoms with Gasteiger partial charge in [-0.15, -0.1) is 13.2 Å². The molecule has 12 heteroatoms. The zero-order valence-electron chi connectivity index (χ0n) is 18.9. The first-order chi connectivity index (χ1) is 17.0. The van der Waals surface area contributed by atoms with Gasteiger partial charge in [0.15, 0.2) is 11.6 Å². The lowest BCUT2D eigenvalue weighted by Crippen LogP contribution is -2.34. The maximum Gasteiger partial charge on any atom is 0.573 e. The van der Waals surface area contributed by atoms with Crippen LogP contribution in [0.1, 0.15) is 46.4 Å². The van der Waals surface area contributed by atoms with Crippen molar-refractivity contribution in [2.75, 3.05) is 13.1 Å². The van der Waals surface area contributed by atoms with Gasteiger partial charge in [-0.1, -0.05) is 0 Å². The molecule has 0 aromatic heterocycles. The Morgan fingerprint density at radius 1 is 0.889 bits per heavy atom. The Morgan fingerprint density at radius 2 is 1.44 bits per heavy atom. The number of nitrogens with one attached hydrogen (secondary N) is 2. The minimum Gasteiger partial charge on any atom is -0.490 e. The molecular formula is C24H24F4N2O6. The largest absolute Gasteiger partial charge is 0.573 e. The average molecular weight is 512 g/mol. The number of carbonyl (C=O) groups is 3. The van der Waals surface area contributed by atoms with E-state index in [9.17, 15) is 31.9 Å². The van der Waals surface area contributed by atoms with Gasteiger partial charge in [0.05, 0.1) is 12.0 Å². The van der Waals surface area contributed by atoms with Crippen LogP contribution in [0.4, 0.5) is 17.6 Å². The number of alkyl halides is 3. The molecule has 3 rings (SSSR count). The molecule has 2 aromatic carbocycles. The summed E-state index contributed by atoms with van der Waals surface area (Å²) >= 11 is 0. The summed E-state index contributed by atoms with van der Waals surface area (Å²) in [5.74, 6) is -4.08. The summed E-state index contributed by atoms with van der Waals surface area (Å²) in [5.41, 5.74) is 0.144. The van der Waals surface area contributed by atoms with E-state index < -0.39 is 35.7 Å². The van der Waals surface area contributed by atoms with Gasteiger partial charge in [-0.2, -0.15) is 0 Å². The van der Waals surface area contributed by atoms with E-state index in [2.05, 4.69) is 15.4 Å². The number of carbonyl (C=O) groups excluding carboxylic acids is 2. The molecular weight excluding hydrogens is 488 g/mol. The van der Waals surface area contributed by atoms with Crippen LogP contribution in [0.3, 0.4) is 0 Å². The quantitative estimate of drug-likeness (QED) is 0.347. The predicted molar refractivity (Wildman–Crippen MR) is 118 cm³/mol. The first kappa shape index (κ1) is 26.8. The average Bonchev–Trinajstić information content (AvgIpc) is 2.83. The second-order valence-corrected chi connectivity index (χ2v) is 8.16. The SMILES string of the molecule is O=C(NCCNC(=O)c1ccc(OC(F)(F)F)c(F)c1)c1ccc(O[C@H]2CC[C@@H](C(=O)O)CC2)cc1. The van der Waals surface area contributed by atoms with Crippen LogP contribution >= 0.6 is 0 Å². The zero-order valence-corrected chi connectivity index (χ0v) is 18.9. The molecule has 0 aliphatic heterocycles. The molecule has 0 bridgehead atoms. The summed E-state index contributed by atoms with van der Waals surface area (Å²) in [6.45, 7) is 0.0423. The molecule has 0 heterocycles. The van der Waals surface area contributed by atoms with Crippen LogP contribution in [0.2, 0.25) is 0 Å². The normalized spacial score (nSPS) is 17.7. The number of carboxylic acids is 1. The molecule has 0 unspecified atom stereocenters. The van der Waals surface area contributed by atoms with E-state index in [-0.39, 0.29) is 30.7 Å². The van der Waals surface area contributed by atoms with Crippen LogP contribution < -0.4 is 20.1 Å². The van der Waals surface area contributed by atoms with Gasteiger partial charge in [0.1, 0.15) is 5.75 Å². The van der Waals surface area contributed by atoms with Crippen LogP contribution in [-0.2, 0) is 4.79 Å². The summed E-state index contributed by atoms with van der Waals surface area (Å²) in [7, 11) is 0. The molecule has 2 amide bonds. The molecule has 0 saturated heterocycles. The van der Waals surface area contributed by atoms with Crippen molar-refractivity contribution in [2.45, 2.75) is 38.1 Å². The van der Waals surface area contributed by atoms with Gasteiger partial charge < -0.3 is 25.2 Å². The number of carboxylic acid groups (broad SMARTS) is 1. The molecule has 36 heavy (non-hydrogen) atoms. The van der Waals surface area contributed by atoms with Crippen molar-refractivity contribution in [3.05, 3.63) is 59.4 Å². The van der Waals surface area contributed by atoms with Crippen molar-refractivity contribution in [1.29, 1.82) is 0 Å². The molecule has 2 aromatic rings. The van der Waals surface area contributed by atoms with Gasteiger partial charge in [0.2, 0.25) is 0 Å². The number of amides is 2. The van der Waals surface area contributed by atoms with Gasteiger partial charge in [-0.25, -0.2) is 4.39 Å². The molecule has 3 N–H and O–H groups in total. The zero-order chi connectivity index (χ0) is 26.3. The van der Waals surface area contributed by atoms with E-state index in [4.69, 9.17) is 9.84 Å². The Kier molecular flexibility index (Phi) is 8.73. The maximum atomic E-state index is 13.7. The molecule has 194 valence electrons. The number of rotatable bonds is 9. The van der Waals surface area contributed by atoms with Gasteiger partial charge in [0, 0.05) is 24.2 Å². The molecule has 8 nitrogen and oxygen atoms in total. The monoisotopic (exact) mass is 512 g/mol. The first-order valence-corrected chi connectivity index (χ1v) is 11.1. The van der Waals surface area contributed by atoms with Gasteiger partial charge >= 0.3 is 12.3 Å². The maximum absolute atomic E-state index is 13.7. The molecule has 1 fully saturated rings. The van der Waals surface area contributed by atoms with E-state index in [1.807, 2.05) is 0 Å². The molecule has 0 atom stereocenters. The third-order valence-corrected chi connectivity index (χ3v) is 5.56. The Labute approximate surface area is 203 Å². The third kappa shape index (κ3) is 7.85. The van der Waals surface area contributed by atoms with E-state index in [0.717, 1.165) is 6.07 Å². The number of ether oxygens (including phenoxy) is 2. The van der Waals surface area contributed by atoms with E-state index >= 15 is 0 Å². The lowest BCUT2D eigenvalue weighted by atomic mass is 9.87. The fraction of sp³-hybridized carbons (Fsp3) is 0.375. The van der Waals surface area contributed by atoms with Crippen molar-refractivity contribution in [1.82, 2.24) is 10.6 Å². The second-order valence-electron chi connectivity index (χ2n) is 8.16. The van der Waals surface area contributed by atoms with Gasteiger partial charge in [-0.3, -0.25) is 14.4 Å². The highest BCUT2D eigenvalue weighted by atomic mass is 19.4. The highest BCUT2D eigenvalue weighted by Gasteiger charge is 2.32. The standard InChI is InChI=1S/C24H24F4N2O6/c25-19-13-16(5-10-20(19)36-24(26,27)28)22(32)30-12-11-29-21(31)14-1-6-17(7-2-14)35-18-8-3-15(4-9-18)23(33)34/h1-2,5-7,10,13,15,18H,3-4,8-9,11-12H2,(H,29,31)(H,30,32)(H,33,34)/t15-,18+. The van der Waals surface area contributed by atoms with Gasteiger partial charge in [0.25, 0.3) is 11.8 Å². The van der Waals surface area contributed by atoms with Crippen molar-refractivity contribution in [2.24, 2.45) is 5.92 Å². The van der Waals surface area contributed by atoms with E-state index in [1.54, 1.807) is 24.3 Å². The molecule has 1 aliphatic rings. The van der Waals surface area contributed by atoms with Crippen LogP contribution in [-0.4, -0.2) is 48.4 Å². The lowest BCUT2D eigenvalue weighted by molar-refractivity contribution is -0.275. The van der Waals surface area contributed by atoms with Crippen LogP contribution in [0, 0.1) is 11.7 Å². The third-order valence-electron chi connectivity index (χ3n) is 5.56. The predicted octanol–water partition coefficient (Wildman–Crippen LogP) is 3.91. The van der Waals surface area contributed by atoms with E-state index in [1.165, 1.54) is 0 Å². The summed E-state index contributed by atoms with van der Waals surface area (Å²) in [5, 5.41) is 14.1. The summed E-state index contributed by atoms with van der Waals surface area (Å²) in [4.78, 5) is 35.4. The smallest absolute Gasteiger partial charge is 0.490 e. The number of hydrogen-bond donors (Lipinski definition) is 3. The molecule has 0 radical (unpaired) electrons. The summed E-state index contributed by atoms with van der Waals surface area (Å²) in [6.07, 6.45) is -2.73. The Hall–Kier alpha value is -3.83. The fourth-order valence-corrected chi connectivity index (χ4v) is 3.71. The number of halogens is 4. The van der Waals surface area contributed by atoms with Crippen molar-refractivity contribution in [3.63, 3.8) is 0 Å². The molecule has 0 spiro atoms. The second kappa shape index (κ2) is 11.7. The molecule has 1 aliphatic carbocycles. The van der Waals surface area contributed by atoms with Crippen LogP contribution in [0.5, 0.6) is 11.5 Å². The fourth-order valence-electron chi connectivity index (χ4n) is 3.71. The number of aliphatic carboxylic acids is 1. The minimum atomic E-state index is -5.06. The summed E-state index contributed by atoms with van der Waals surface area (Å²) < 4.78 is 59.7. The number of benzene rings is 2. The van der Waals surface area contributed by atoms with Crippen LogP contribution in [0.25, 0.3) is 0 Å². The van der Waals surface area contributed by atoms with Gasteiger partial charge in [-0.05, 0) is 68.1 Å². The molecule has 1 saturated carbocycles. The Balaban J connectivity index is 1.40. The minimum absolute atomic E-state index is 0.00674. The lowest BCUT2D eigenvalue weighted by Gasteiger charge is -2.26. The highest BCUT2D eigenvalue weighted by molar-refractivity contribution is 5.95. The van der Waals surface area contributed by atoms with Crippen molar-refractivity contribution in [3.8, 4) is 11.5 Å². The Bertz CT molecular complexity index is 1080. The van der Waals surface area contributed by atoms with Crippen molar-refractivity contribution < 1.29 is 46.5 Å².